The van der Waals surface area contributed by atoms with Gasteiger partial charge in [-0.15, -0.1) is 0 Å². The van der Waals surface area contributed by atoms with Crippen LogP contribution >= 0.6 is 7.92 Å². The Labute approximate surface area is 203 Å². The van der Waals surface area contributed by atoms with E-state index in [1.54, 1.807) is 0 Å². The van der Waals surface area contributed by atoms with Crippen LogP contribution in [0, 0.1) is 0 Å². The van der Waals surface area contributed by atoms with E-state index in [1.165, 1.54) is 5.30 Å². The van der Waals surface area contributed by atoms with Crippen molar-refractivity contribution in [1.82, 2.24) is 0 Å². The molecule has 180 valence electrons. The van der Waals surface area contributed by atoms with E-state index in [9.17, 15) is 0 Å². The zero-order valence-electron chi connectivity index (χ0n) is 19.9. The molecule has 0 spiro atoms. The average molecular weight is 481 g/mol. The summed E-state index contributed by atoms with van der Waals surface area (Å²) in [4.78, 5) is 0. The van der Waals surface area contributed by atoms with Crippen molar-refractivity contribution in [2.24, 2.45) is 0 Å². The number of hydrogen-bond donors (Lipinski definition) is 0. The Morgan fingerprint density at radius 3 is 1.59 bits per heavy atom. The molecule has 1 heterocycles. The van der Waals surface area contributed by atoms with E-state index in [1.807, 2.05) is 44.2 Å². The number of benzene rings is 3. The molecule has 0 unspecified atom stereocenters. The van der Waals surface area contributed by atoms with Crippen LogP contribution in [0.2, 0.25) is 0 Å². The van der Waals surface area contributed by atoms with Crippen LogP contribution in [0.15, 0.2) is 78.9 Å². The molecule has 5 nitrogen and oxygen atoms in total. The Balaban J connectivity index is 1.73. The lowest BCUT2D eigenvalue weighted by Crippen LogP contribution is -2.27. The fourth-order valence-corrected chi connectivity index (χ4v) is 6.22. The van der Waals surface area contributed by atoms with Gasteiger partial charge in [-0.2, -0.15) is 0 Å². The van der Waals surface area contributed by atoms with Crippen LogP contribution < -0.4 is 25.4 Å². The minimum atomic E-state index is -0.909. The summed E-state index contributed by atoms with van der Waals surface area (Å²) in [5.74, 6) is 1.74. The van der Waals surface area contributed by atoms with Crippen molar-refractivity contribution in [3.63, 3.8) is 0 Å². The van der Waals surface area contributed by atoms with E-state index >= 15 is 0 Å². The van der Waals surface area contributed by atoms with Gasteiger partial charge in [0.05, 0.1) is 38.6 Å². The summed E-state index contributed by atoms with van der Waals surface area (Å²) in [6.45, 7) is 7.08. The summed E-state index contributed by atoms with van der Waals surface area (Å²) >= 11 is 0. The van der Waals surface area contributed by atoms with Crippen LogP contribution in [0.3, 0.4) is 0 Å². The third kappa shape index (κ3) is 6.80. The van der Waals surface area contributed by atoms with Crippen LogP contribution in [-0.4, -0.2) is 51.8 Å². The normalized spacial score (nSPS) is 21.1. The molecule has 0 N–H and O–H groups in total. The SMILES string of the molecule is C[C@H]1COc2ccccc2P(c2ccccc2)c2ccccc2OC[C@H](C)OCCOCCO1. The maximum Gasteiger partial charge on any atom is 0.127 e. The lowest BCUT2D eigenvalue weighted by Gasteiger charge is -2.25. The Morgan fingerprint density at radius 1 is 0.588 bits per heavy atom. The van der Waals surface area contributed by atoms with Gasteiger partial charge < -0.3 is 23.7 Å². The molecule has 4 rings (SSSR count). The molecule has 0 aliphatic carbocycles. The van der Waals surface area contributed by atoms with E-state index in [-0.39, 0.29) is 12.2 Å². The van der Waals surface area contributed by atoms with Crippen molar-refractivity contribution in [2.45, 2.75) is 26.1 Å². The summed E-state index contributed by atoms with van der Waals surface area (Å²) in [7, 11) is -0.909. The van der Waals surface area contributed by atoms with Crippen molar-refractivity contribution in [2.75, 3.05) is 39.6 Å². The first-order valence-electron chi connectivity index (χ1n) is 11.8. The molecule has 0 radical (unpaired) electrons. The third-order valence-corrected chi connectivity index (χ3v) is 7.95. The zero-order valence-corrected chi connectivity index (χ0v) is 20.8. The van der Waals surface area contributed by atoms with Crippen molar-refractivity contribution < 1.29 is 23.7 Å². The molecular weight excluding hydrogens is 447 g/mol. The second-order valence-electron chi connectivity index (χ2n) is 8.20. The van der Waals surface area contributed by atoms with Crippen LogP contribution in [0.25, 0.3) is 0 Å². The molecule has 2 atom stereocenters. The molecule has 0 aromatic heterocycles. The fraction of sp³-hybridized carbons (Fsp3) is 0.357. The molecule has 3 aromatic rings. The minimum absolute atomic E-state index is 0.0506. The van der Waals surface area contributed by atoms with Crippen molar-refractivity contribution >= 4 is 23.8 Å². The van der Waals surface area contributed by atoms with E-state index in [2.05, 4.69) is 48.5 Å². The standard InChI is InChI=1S/C28H33O5P/c1-22-20-32-25-12-6-8-14-27(25)34(24-10-4-3-5-11-24)28-15-9-7-13-26(28)33-21-23(2)31-19-17-29-16-18-30-22/h3-15,22-23H,16-21H2,1-2H3/t22-,23-/m0/s1. The first-order valence-corrected chi connectivity index (χ1v) is 13.2. The first kappa shape index (κ1) is 24.7. The topological polar surface area (TPSA) is 46.2 Å². The van der Waals surface area contributed by atoms with E-state index in [0.29, 0.717) is 39.6 Å². The summed E-state index contributed by atoms with van der Waals surface area (Å²) in [5, 5.41) is 3.55. The lowest BCUT2D eigenvalue weighted by atomic mass is 10.3. The Bertz CT molecular complexity index is 951. The number of fused-ring (bicyclic) bond motifs is 2. The molecule has 3 aromatic carbocycles. The summed E-state index contributed by atoms with van der Waals surface area (Å²) in [6.07, 6.45) is -0.101. The molecular formula is C28H33O5P. The second-order valence-corrected chi connectivity index (χ2v) is 10.4. The molecule has 1 aliphatic rings. The molecule has 0 fully saturated rings. The third-order valence-electron chi connectivity index (χ3n) is 5.43. The molecule has 34 heavy (non-hydrogen) atoms. The predicted octanol–water partition coefficient (Wildman–Crippen LogP) is 4.04. The highest BCUT2D eigenvalue weighted by molar-refractivity contribution is 7.80. The second kappa shape index (κ2) is 12.9. The van der Waals surface area contributed by atoms with E-state index in [0.717, 1.165) is 22.1 Å². The minimum Gasteiger partial charge on any atom is -0.490 e. The first-order chi connectivity index (χ1) is 16.7. The predicted molar refractivity (Wildman–Crippen MR) is 138 cm³/mol. The van der Waals surface area contributed by atoms with Gasteiger partial charge in [0, 0.05) is 10.6 Å². The molecule has 0 amide bonds. The maximum absolute atomic E-state index is 6.32. The van der Waals surface area contributed by atoms with Gasteiger partial charge in [-0.1, -0.05) is 66.7 Å². The van der Waals surface area contributed by atoms with Gasteiger partial charge >= 0.3 is 0 Å². The molecule has 0 saturated heterocycles. The highest BCUT2D eigenvalue weighted by Crippen LogP contribution is 2.39. The van der Waals surface area contributed by atoms with Gasteiger partial charge in [-0.25, -0.2) is 0 Å². The van der Waals surface area contributed by atoms with Crippen molar-refractivity contribution in [3.8, 4) is 11.5 Å². The number of para-hydroxylation sites is 2. The zero-order chi connectivity index (χ0) is 23.6. The largest absolute Gasteiger partial charge is 0.490 e. The van der Waals surface area contributed by atoms with Crippen LogP contribution in [0.1, 0.15) is 13.8 Å². The molecule has 1 aliphatic heterocycles. The summed E-state index contributed by atoms with van der Waals surface area (Å²) in [5.41, 5.74) is 0. The van der Waals surface area contributed by atoms with E-state index in [4.69, 9.17) is 23.7 Å². The van der Waals surface area contributed by atoms with E-state index < -0.39 is 7.92 Å². The number of hydrogen-bond acceptors (Lipinski definition) is 5. The Kier molecular flexibility index (Phi) is 9.35. The highest BCUT2D eigenvalue weighted by atomic mass is 31.1. The maximum atomic E-state index is 6.32. The lowest BCUT2D eigenvalue weighted by molar-refractivity contribution is -0.0334. The van der Waals surface area contributed by atoms with Crippen LogP contribution in [-0.2, 0) is 14.2 Å². The van der Waals surface area contributed by atoms with Gasteiger partial charge in [0.1, 0.15) is 24.7 Å². The van der Waals surface area contributed by atoms with Gasteiger partial charge in [0.2, 0.25) is 0 Å². The van der Waals surface area contributed by atoms with Crippen LogP contribution in [0.4, 0.5) is 0 Å². The van der Waals surface area contributed by atoms with Gasteiger partial charge in [0.25, 0.3) is 0 Å². The van der Waals surface area contributed by atoms with Gasteiger partial charge in [-0.3, -0.25) is 0 Å². The smallest absolute Gasteiger partial charge is 0.127 e. The Hall–Kier alpha value is -2.43. The fourth-order valence-electron chi connectivity index (χ4n) is 3.74. The van der Waals surface area contributed by atoms with Crippen LogP contribution in [0.5, 0.6) is 11.5 Å². The van der Waals surface area contributed by atoms with Gasteiger partial charge in [-0.05, 0) is 39.2 Å². The summed E-state index contributed by atoms with van der Waals surface area (Å²) < 4.78 is 30.0. The molecule has 0 bridgehead atoms. The molecule has 0 saturated carbocycles. The van der Waals surface area contributed by atoms with Crippen molar-refractivity contribution in [3.05, 3.63) is 78.9 Å². The molecule has 6 heteroatoms. The van der Waals surface area contributed by atoms with Crippen molar-refractivity contribution in [1.29, 1.82) is 0 Å². The number of rotatable bonds is 1. The quantitative estimate of drug-likeness (QED) is 0.492. The number of ether oxygens (including phenoxy) is 5. The average Bonchev–Trinajstić information content (AvgIpc) is 2.87. The van der Waals surface area contributed by atoms with Gasteiger partial charge in [0.15, 0.2) is 0 Å². The summed E-state index contributed by atoms with van der Waals surface area (Å²) in [6, 6.07) is 27.2. The highest BCUT2D eigenvalue weighted by Gasteiger charge is 2.24. The Morgan fingerprint density at radius 2 is 1.06 bits per heavy atom. The monoisotopic (exact) mass is 480 g/mol.